The van der Waals surface area contributed by atoms with Crippen molar-refractivity contribution in [2.45, 2.75) is 32.7 Å². The summed E-state index contributed by atoms with van der Waals surface area (Å²) in [5.41, 5.74) is 5.57. The van der Waals surface area contributed by atoms with Gasteiger partial charge in [-0.15, -0.1) is 0 Å². The SMILES string of the molecule is C=C(CN(C)Cc1ccc(C(C)(C)C)cc1)c1cccc(C#N)c1. The quantitative estimate of drug-likeness (QED) is 0.775. The Kier molecular flexibility index (Phi) is 5.59. The molecule has 24 heavy (non-hydrogen) atoms. The largest absolute Gasteiger partial charge is 0.298 e. The van der Waals surface area contributed by atoms with Crippen molar-refractivity contribution >= 4 is 5.57 Å². The molecule has 0 saturated carbocycles. The molecule has 0 aliphatic rings. The predicted molar refractivity (Wildman–Crippen MR) is 102 cm³/mol. The van der Waals surface area contributed by atoms with Gasteiger partial charge in [-0.05, 0) is 46.9 Å². The van der Waals surface area contributed by atoms with Crippen LogP contribution < -0.4 is 0 Å². The molecule has 2 nitrogen and oxygen atoms in total. The molecule has 2 aromatic rings. The molecular formula is C22H26N2. The summed E-state index contributed by atoms with van der Waals surface area (Å²) in [5, 5.41) is 9.01. The van der Waals surface area contributed by atoms with Gasteiger partial charge >= 0.3 is 0 Å². The molecule has 0 radical (unpaired) electrons. The lowest BCUT2D eigenvalue weighted by atomic mass is 9.87. The molecule has 0 aromatic heterocycles. The summed E-state index contributed by atoms with van der Waals surface area (Å²) < 4.78 is 0. The second kappa shape index (κ2) is 7.47. The molecule has 0 aliphatic heterocycles. The third-order valence-electron chi connectivity index (χ3n) is 4.13. The zero-order valence-corrected chi connectivity index (χ0v) is 15.1. The van der Waals surface area contributed by atoms with Crippen LogP contribution in [0.4, 0.5) is 0 Å². The zero-order valence-electron chi connectivity index (χ0n) is 15.1. The summed E-state index contributed by atoms with van der Waals surface area (Å²) in [6.45, 7) is 12.5. The van der Waals surface area contributed by atoms with Crippen LogP contribution >= 0.6 is 0 Å². The Morgan fingerprint density at radius 1 is 1.12 bits per heavy atom. The van der Waals surface area contributed by atoms with Gasteiger partial charge < -0.3 is 0 Å². The Morgan fingerprint density at radius 2 is 1.79 bits per heavy atom. The summed E-state index contributed by atoms with van der Waals surface area (Å²) in [4.78, 5) is 2.24. The summed E-state index contributed by atoms with van der Waals surface area (Å²) in [6, 6.07) is 18.7. The molecule has 0 aliphatic carbocycles. The van der Waals surface area contributed by atoms with E-state index < -0.39 is 0 Å². The van der Waals surface area contributed by atoms with Crippen LogP contribution in [0.25, 0.3) is 5.57 Å². The van der Waals surface area contributed by atoms with E-state index in [1.54, 1.807) is 0 Å². The number of rotatable bonds is 5. The van der Waals surface area contributed by atoms with Crippen LogP contribution in [0.1, 0.15) is 43.0 Å². The van der Waals surface area contributed by atoms with Gasteiger partial charge in [0.1, 0.15) is 0 Å². The van der Waals surface area contributed by atoms with Gasteiger partial charge in [0.25, 0.3) is 0 Å². The van der Waals surface area contributed by atoms with Crippen LogP contribution in [0.5, 0.6) is 0 Å². The monoisotopic (exact) mass is 318 g/mol. The van der Waals surface area contributed by atoms with Crippen molar-refractivity contribution in [2.75, 3.05) is 13.6 Å². The lowest BCUT2D eigenvalue weighted by Crippen LogP contribution is -2.20. The minimum absolute atomic E-state index is 0.185. The maximum absolute atomic E-state index is 9.01. The van der Waals surface area contributed by atoms with E-state index in [0.29, 0.717) is 5.56 Å². The van der Waals surface area contributed by atoms with Crippen LogP contribution in [-0.4, -0.2) is 18.5 Å². The molecule has 0 atom stereocenters. The number of benzene rings is 2. The van der Waals surface area contributed by atoms with Gasteiger partial charge in [-0.1, -0.05) is 63.7 Å². The van der Waals surface area contributed by atoms with E-state index in [9.17, 15) is 0 Å². The summed E-state index contributed by atoms with van der Waals surface area (Å²) >= 11 is 0. The first-order chi connectivity index (χ1) is 11.3. The Hall–Kier alpha value is -2.37. The zero-order chi connectivity index (χ0) is 17.7. The topological polar surface area (TPSA) is 27.0 Å². The van der Waals surface area contributed by atoms with Gasteiger partial charge in [-0.2, -0.15) is 5.26 Å². The molecule has 0 amide bonds. The van der Waals surface area contributed by atoms with E-state index >= 15 is 0 Å². The van der Waals surface area contributed by atoms with Crippen LogP contribution in [-0.2, 0) is 12.0 Å². The van der Waals surface area contributed by atoms with Gasteiger partial charge in [-0.3, -0.25) is 4.90 Å². The lowest BCUT2D eigenvalue weighted by Gasteiger charge is -2.21. The van der Waals surface area contributed by atoms with Crippen molar-refractivity contribution in [2.24, 2.45) is 0 Å². The van der Waals surface area contributed by atoms with E-state index in [2.05, 4.69) is 69.6 Å². The van der Waals surface area contributed by atoms with Crippen LogP contribution in [0.3, 0.4) is 0 Å². The molecule has 0 unspecified atom stereocenters. The second-order valence-corrected chi connectivity index (χ2v) is 7.42. The van der Waals surface area contributed by atoms with Crippen LogP contribution in [0.2, 0.25) is 0 Å². The smallest absolute Gasteiger partial charge is 0.0991 e. The van der Waals surface area contributed by atoms with Crippen LogP contribution in [0.15, 0.2) is 55.1 Å². The molecule has 2 rings (SSSR count). The number of hydrogen-bond donors (Lipinski definition) is 0. The van der Waals surface area contributed by atoms with Gasteiger partial charge in [-0.25, -0.2) is 0 Å². The van der Waals surface area contributed by atoms with Crippen molar-refractivity contribution < 1.29 is 0 Å². The molecule has 0 fully saturated rings. The minimum atomic E-state index is 0.185. The van der Waals surface area contributed by atoms with Crippen molar-refractivity contribution in [1.29, 1.82) is 5.26 Å². The van der Waals surface area contributed by atoms with E-state index in [-0.39, 0.29) is 5.41 Å². The Balaban J connectivity index is 1.98. The van der Waals surface area contributed by atoms with Gasteiger partial charge in [0.15, 0.2) is 0 Å². The predicted octanol–water partition coefficient (Wildman–Crippen LogP) is 5.00. The first kappa shape index (κ1) is 18.0. The van der Waals surface area contributed by atoms with E-state index in [1.165, 1.54) is 11.1 Å². The minimum Gasteiger partial charge on any atom is -0.298 e. The first-order valence-electron chi connectivity index (χ1n) is 8.26. The fourth-order valence-electron chi connectivity index (χ4n) is 2.70. The maximum atomic E-state index is 9.01. The molecular weight excluding hydrogens is 292 g/mol. The number of nitrogens with zero attached hydrogens (tertiary/aromatic N) is 2. The molecule has 0 bridgehead atoms. The number of nitriles is 1. The highest BCUT2D eigenvalue weighted by Gasteiger charge is 2.13. The van der Waals surface area contributed by atoms with Crippen molar-refractivity contribution in [3.63, 3.8) is 0 Å². The normalized spacial score (nSPS) is 11.3. The third kappa shape index (κ3) is 4.81. The highest BCUT2D eigenvalue weighted by atomic mass is 15.1. The maximum Gasteiger partial charge on any atom is 0.0991 e. The van der Waals surface area contributed by atoms with E-state index in [0.717, 1.165) is 24.2 Å². The Bertz CT molecular complexity index is 743. The summed E-state index contributed by atoms with van der Waals surface area (Å²) in [7, 11) is 2.09. The van der Waals surface area contributed by atoms with Crippen LogP contribution in [0, 0.1) is 11.3 Å². The molecule has 124 valence electrons. The molecule has 2 heteroatoms. The summed E-state index contributed by atoms with van der Waals surface area (Å²) in [5.74, 6) is 0. The number of hydrogen-bond acceptors (Lipinski definition) is 2. The van der Waals surface area contributed by atoms with Gasteiger partial charge in [0, 0.05) is 13.1 Å². The Labute approximate surface area is 146 Å². The Morgan fingerprint density at radius 3 is 2.38 bits per heavy atom. The highest BCUT2D eigenvalue weighted by molar-refractivity contribution is 5.65. The van der Waals surface area contributed by atoms with Crippen molar-refractivity contribution in [3.05, 3.63) is 77.4 Å². The molecule has 0 heterocycles. The first-order valence-corrected chi connectivity index (χ1v) is 8.26. The van der Waals surface area contributed by atoms with Crippen molar-refractivity contribution in [3.8, 4) is 6.07 Å². The van der Waals surface area contributed by atoms with Gasteiger partial charge in [0.2, 0.25) is 0 Å². The number of likely N-dealkylation sites (N-methyl/N-ethyl adjacent to an activating group) is 1. The lowest BCUT2D eigenvalue weighted by molar-refractivity contribution is 0.369. The molecule has 0 N–H and O–H groups in total. The highest BCUT2D eigenvalue weighted by Crippen LogP contribution is 2.23. The van der Waals surface area contributed by atoms with Gasteiger partial charge in [0.05, 0.1) is 11.6 Å². The fraction of sp³-hybridized carbons (Fsp3) is 0.318. The second-order valence-electron chi connectivity index (χ2n) is 7.42. The van der Waals surface area contributed by atoms with E-state index in [4.69, 9.17) is 5.26 Å². The average molecular weight is 318 g/mol. The fourth-order valence-corrected chi connectivity index (χ4v) is 2.70. The molecule has 0 saturated heterocycles. The van der Waals surface area contributed by atoms with E-state index in [1.807, 2.05) is 24.3 Å². The summed E-state index contributed by atoms with van der Waals surface area (Å²) in [6.07, 6.45) is 0. The van der Waals surface area contributed by atoms with Crippen molar-refractivity contribution in [1.82, 2.24) is 4.90 Å². The average Bonchev–Trinajstić information content (AvgIpc) is 2.54. The molecule has 2 aromatic carbocycles. The third-order valence-corrected chi connectivity index (χ3v) is 4.13. The standard InChI is InChI=1S/C22H26N2/c1-17(20-8-6-7-19(13-20)14-23)15-24(5)16-18-9-11-21(12-10-18)22(2,3)4/h6-13H,1,15-16H2,2-5H3. The molecule has 0 spiro atoms.